The molecule has 0 aliphatic heterocycles. The summed E-state index contributed by atoms with van der Waals surface area (Å²) in [6.45, 7) is 0.415. The van der Waals surface area contributed by atoms with Gasteiger partial charge in [-0.2, -0.15) is 0 Å². The first kappa shape index (κ1) is 13.3. The molecule has 1 aromatic carbocycles. The van der Waals surface area contributed by atoms with Gasteiger partial charge in [-0.1, -0.05) is 0 Å². The normalized spacial score (nSPS) is 15.6. The number of carbonyl (C=O) groups is 2. The van der Waals surface area contributed by atoms with Crippen LogP contribution in [0.25, 0.3) is 0 Å². The van der Waals surface area contributed by atoms with Gasteiger partial charge in [0.05, 0.1) is 6.54 Å². The van der Waals surface area contributed by atoms with Gasteiger partial charge in [0.25, 0.3) is 0 Å². The Labute approximate surface area is 109 Å². The Bertz CT molecular complexity index is 482. The van der Waals surface area contributed by atoms with E-state index in [1.54, 1.807) is 0 Å². The van der Waals surface area contributed by atoms with Gasteiger partial charge in [-0.15, -0.1) is 0 Å². The highest BCUT2D eigenvalue weighted by Gasteiger charge is 2.56. The fraction of sp³-hybridized carbons (Fsp3) is 0.385. The summed E-state index contributed by atoms with van der Waals surface area (Å²) in [6.07, 6.45) is 0.764. The number of halogens is 1. The van der Waals surface area contributed by atoms with Gasteiger partial charge in [-0.05, 0) is 37.1 Å². The second-order valence-corrected chi connectivity index (χ2v) is 4.45. The maximum atomic E-state index is 12.6. The highest BCUT2D eigenvalue weighted by Crippen LogP contribution is 2.45. The van der Waals surface area contributed by atoms with Gasteiger partial charge < -0.3 is 15.2 Å². The molecule has 1 aliphatic carbocycles. The van der Waals surface area contributed by atoms with Gasteiger partial charge in [0.1, 0.15) is 23.6 Å². The first-order valence-corrected chi connectivity index (χ1v) is 5.95. The fourth-order valence-corrected chi connectivity index (χ4v) is 1.70. The number of carboxylic acids is 1. The molecule has 1 saturated carbocycles. The van der Waals surface area contributed by atoms with Gasteiger partial charge in [0.2, 0.25) is 5.91 Å². The molecule has 0 spiro atoms. The number of carboxylic acid groups (broad SMARTS) is 1. The highest BCUT2D eigenvalue weighted by atomic mass is 19.1. The quantitative estimate of drug-likeness (QED) is 0.599. The number of carbonyl (C=O) groups excluding carboxylic acids is 1. The van der Waals surface area contributed by atoms with Gasteiger partial charge in [0, 0.05) is 0 Å². The topological polar surface area (TPSA) is 75.6 Å². The zero-order valence-corrected chi connectivity index (χ0v) is 10.2. The van der Waals surface area contributed by atoms with E-state index in [2.05, 4.69) is 5.32 Å². The van der Waals surface area contributed by atoms with Crippen LogP contribution in [0.2, 0.25) is 0 Å². The molecule has 0 bridgehead atoms. The largest absolute Gasteiger partial charge is 0.492 e. The average Bonchev–Trinajstić information content (AvgIpc) is 3.18. The molecule has 5 nitrogen and oxygen atoms in total. The van der Waals surface area contributed by atoms with E-state index < -0.39 is 17.3 Å². The second-order valence-electron chi connectivity index (χ2n) is 4.45. The SMILES string of the molecule is O=C(O)C1(C(=O)NCCOc2ccc(F)cc2)CC1. The molecule has 0 radical (unpaired) electrons. The number of hydrogen-bond acceptors (Lipinski definition) is 3. The minimum Gasteiger partial charge on any atom is -0.492 e. The predicted molar refractivity (Wildman–Crippen MR) is 64.2 cm³/mol. The summed E-state index contributed by atoms with van der Waals surface area (Å²) in [6, 6.07) is 5.52. The van der Waals surface area contributed by atoms with E-state index in [-0.39, 0.29) is 19.0 Å². The first-order valence-electron chi connectivity index (χ1n) is 5.95. The van der Waals surface area contributed by atoms with Crippen molar-refractivity contribution in [1.29, 1.82) is 0 Å². The van der Waals surface area contributed by atoms with Gasteiger partial charge >= 0.3 is 5.97 Å². The molecule has 1 fully saturated rings. The molecule has 0 heterocycles. The molecule has 19 heavy (non-hydrogen) atoms. The zero-order valence-electron chi connectivity index (χ0n) is 10.2. The smallest absolute Gasteiger partial charge is 0.319 e. The van der Waals surface area contributed by atoms with Gasteiger partial charge in [0.15, 0.2) is 0 Å². The van der Waals surface area contributed by atoms with Crippen LogP contribution >= 0.6 is 0 Å². The van der Waals surface area contributed by atoms with Gasteiger partial charge in [-0.3, -0.25) is 9.59 Å². The molecular formula is C13H14FNO4. The molecule has 2 N–H and O–H groups in total. The lowest BCUT2D eigenvalue weighted by molar-refractivity contribution is -0.149. The van der Waals surface area contributed by atoms with Crippen molar-refractivity contribution in [1.82, 2.24) is 5.32 Å². The minimum atomic E-state index is -1.23. The van der Waals surface area contributed by atoms with E-state index in [9.17, 15) is 14.0 Å². The maximum absolute atomic E-state index is 12.6. The Morgan fingerprint density at radius 2 is 1.95 bits per heavy atom. The van der Waals surface area contributed by atoms with Crippen LogP contribution in [-0.2, 0) is 9.59 Å². The predicted octanol–water partition coefficient (Wildman–Crippen LogP) is 1.19. The minimum absolute atomic E-state index is 0.201. The lowest BCUT2D eigenvalue weighted by Crippen LogP contribution is -2.38. The maximum Gasteiger partial charge on any atom is 0.319 e. The van der Waals surface area contributed by atoms with Crippen LogP contribution in [-0.4, -0.2) is 30.1 Å². The van der Waals surface area contributed by atoms with E-state index in [0.29, 0.717) is 18.6 Å². The third-order valence-corrected chi connectivity index (χ3v) is 3.06. The number of rotatable bonds is 6. The Hall–Kier alpha value is -2.11. The molecule has 1 aliphatic rings. The van der Waals surface area contributed by atoms with Crippen molar-refractivity contribution in [2.45, 2.75) is 12.8 Å². The fourth-order valence-electron chi connectivity index (χ4n) is 1.70. The Kier molecular flexibility index (Phi) is 3.69. The Morgan fingerprint density at radius 3 is 2.47 bits per heavy atom. The third kappa shape index (κ3) is 3.01. The molecule has 2 rings (SSSR count). The molecular weight excluding hydrogens is 253 g/mol. The van der Waals surface area contributed by atoms with Crippen LogP contribution < -0.4 is 10.1 Å². The van der Waals surface area contributed by atoms with Crippen molar-refractivity contribution in [3.05, 3.63) is 30.1 Å². The molecule has 1 amide bonds. The summed E-state index contributed by atoms with van der Waals surface area (Å²) in [5.41, 5.74) is -1.23. The van der Waals surface area contributed by atoms with Gasteiger partial charge in [-0.25, -0.2) is 4.39 Å². The monoisotopic (exact) mass is 267 g/mol. The lowest BCUT2D eigenvalue weighted by atomic mass is 10.1. The van der Waals surface area contributed by atoms with Crippen molar-refractivity contribution >= 4 is 11.9 Å². The molecule has 0 aromatic heterocycles. The van der Waals surface area contributed by atoms with Crippen LogP contribution in [0.15, 0.2) is 24.3 Å². The summed E-state index contributed by atoms with van der Waals surface area (Å²) in [4.78, 5) is 22.5. The van der Waals surface area contributed by atoms with Crippen LogP contribution in [0, 0.1) is 11.2 Å². The molecule has 1 aromatic rings. The summed E-state index contributed by atoms with van der Waals surface area (Å²) in [7, 11) is 0. The second kappa shape index (κ2) is 5.26. The van der Waals surface area contributed by atoms with Crippen molar-refractivity contribution in [3.63, 3.8) is 0 Å². The van der Waals surface area contributed by atoms with E-state index >= 15 is 0 Å². The number of aliphatic carboxylic acids is 1. The number of ether oxygens (including phenoxy) is 1. The number of benzene rings is 1. The van der Waals surface area contributed by atoms with Crippen LogP contribution in [0.4, 0.5) is 4.39 Å². The molecule has 0 atom stereocenters. The highest BCUT2D eigenvalue weighted by molar-refractivity contribution is 6.04. The van der Waals surface area contributed by atoms with E-state index in [0.717, 1.165) is 0 Å². The van der Waals surface area contributed by atoms with Crippen LogP contribution in [0.3, 0.4) is 0 Å². The van der Waals surface area contributed by atoms with Crippen LogP contribution in [0.5, 0.6) is 5.75 Å². The summed E-state index contributed by atoms with van der Waals surface area (Å²) in [5, 5.41) is 11.4. The summed E-state index contributed by atoms with van der Waals surface area (Å²) < 4.78 is 17.9. The Morgan fingerprint density at radius 1 is 1.32 bits per heavy atom. The number of hydrogen-bond donors (Lipinski definition) is 2. The molecule has 102 valence electrons. The summed E-state index contributed by atoms with van der Waals surface area (Å²) >= 11 is 0. The van der Waals surface area contributed by atoms with E-state index in [1.165, 1.54) is 24.3 Å². The van der Waals surface area contributed by atoms with Crippen molar-refractivity contribution in [2.75, 3.05) is 13.2 Å². The standard InChI is InChI=1S/C13H14FNO4/c14-9-1-3-10(4-2-9)19-8-7-15-11(16)13(5-6-13)12(17)18/h1-4H,5-8H2,(H,15,16)(H,17,18). The first-order chi connectivity index (χ1) is 9.04. The number of nitrogens with one attached hydrogen (secondary N) is 1. The third-order valence-electron chi connectivity index (χ3n) is 3.06. The number of amides is 1. The lowest BCUT2D eigenvalue weighted by Gasteiger charge is -2.11. The molecule has 6 heteroatoms. The molecule has 0 unspecified atom stereocenters. The summed E-state index contributed by atoms with van der Waals surface area (Å²) in [5.74, 6) is -1.40. The zero-order chi connectivity index (χ0) is 13.9. The Balaban J connectivity index is 1.71. The van der Waals surface area contributed by atoms with E-state index in [1.807, 2.05) is 0 Å². The average molecular weight is 267 g/mol. The van der Waals surface area contributed by atoms with Crippen molar-refractivity contribution < 1.29 is 23.8 Å². The van der Waals surface area contributed by atoms with Crippen LogP contribution in [0.1, 0.15) is 12.8 Å². The van der Waals surface area contributed by atoms with E-state index in [4.69, 9.17) is 9.84 Å². The molecule has 0 saturated heterocycles. The van der Waals surface area contributed by atoms with Crippen molar-refractivity contribution in [3.8, 4) is 5.75 Å². The van der Waals surface area contributed by atoms with Crippen molar-refractivity contribution in [2.24, 2.45) is 5.41 Å².